The maximum atomic E-state index is 17.3. The third-order valence-electron chi connectivity index (χ3n) is 12.5. The minimum absolute atomic E-state index is 0.0104. The molecule has 5 saturated heterocycles. The minimum atomic E-state index is -0.718. The number of pyridine rings is 1. The van der Waals surface area contributed by atoms with Crippen LogP contribution < -0.4 is 19.7 Å². The molecule has 15 heteroatoms. The van der Waals surface area contributed by atoms with E-state index in [-0.39, 0.29) is 72.3 Å². The fraction of sp³-hybridized carbons (Fsp3) is 0.476. The van der Waals surface area contributed by atoms with Crippen molar-refractivity contribution in [3.63, 3.8) is 0 Å². The van der Waals surface area contributed by atoms with Crippen molar-refractivity contribution in [2.45, 2.75) is 55.5 Å². The Morgan fingerprint density at radius 3 is 2.74 bits per heavy atom. The number of nitrogens with zero attached hydrogens (tertiary/aromatic N) is 6. The maximum Gasteiger partial charge on any atom is 0.409 e. The Morgan fingerprint density at radius 2 is 1.91 bits per heavy atom. The number of terminal acetylenes is 1. The molecule has 0 aliphatic carbocycles. The van der Waals surface area contributed by atoms with Crippen LogP contribution >= 0.6 is 0 Å². The summed E-state index contributed by atoms with van der Waals surface area (Å²) in [6.45, 7) is 9.75. The summed E-state index contributed by atoms with van der Waals surface area (Å²) in [6, 6.07) is 8.18. The van der Waals surface area contributed by atoms with Crippen LogP contribution in [0.2, 0.25) is 0 Å². The van der Waals surface area contributed by atoms with Gasteiger partial charge in [-0.2, -0.15) is 9.97 Å². The molecule has 8 heterocycles. The van der Waals surface area contributed by atoms with Gasteiger partial charge in [-0.15, -0.1) is 6.42 Å². The molecule has 1 amide bonds. The van der Waals surface area contributed by atoms with Crippen molar-refractivity contribution >= 4 is 33.6 Å². The number of anilines is 1. The fourth-order valence-corrected chi connectivity index (χ4v) is 9.76. The number of rotatable bonds is 6. The van der Waals surface area contributed by atoms with Crippen LogP contribution in [0.15, 0.2) is 42.5 Å². The second-order valence-corrected chi connectivity index (χ2v) is 15.9. The van der Waals surface area contributed by atoms with Crippen LogP contribution in [0.5, 0.6) is 11.9 Å². The highest BCUT2D eigenvalue weighted by atomic mass is 19.1. The lowest BCUT2D eigenvalue weighted by Gasteiger charge is -2.39. The Hall–Kier alpha value is -5.14. The Labute approximate surface area is 328 Å². The van der Waals surface area contributed by atoms with E-state index in [1.165, 1.54) is 6.07 Å². The van der Waals surface area contributed by atoms with Crippen LogP contribution in [0, 0.1) is 24.0 Å². The third kappa shape index (κ3) is 6.21. The minimum Gasteiger partial charge on any atom is -0.477 e. The monoisotopic (exact) mass is 779 g/mol. The number of likely N-dealkylation sites (tertiary alicyclic amines) is 1. The third-order valence-corrected chi connectivity index (χ3v) is 12.5. The molecule has 5 atom stereocenters. The predicted octanol–water partition coefficient (Wildman–Crippen LogP) is 4.44. The molecule has 296 valence electrons. The van der Waals surface area contributed by atoms with E-state index >= 15 is 8.78 Å². The first-order valence-electron chi connectivity index (χ1n) is 19.7. The van der Waals surface area contributed by atoms with Gasteiger partial charge < -0.3 is 38.8 Å². The van der Waals surface area contributed by atoms with E-state index in [0.29, 0.717) is 99.5 Å². The SMILES string of the molecule is C#Cc1c(F)ccc2cccc(-c3nc4c5c(nc(OC[C@@]67CC[C@@H](COC(=O)N8CC9OCCOC9C8)N6CC(=C)C7)nc5c3F)N3CCNC[C@H]3CCO4)c12. The largest absolute Gasteiger partial charge is 0.477 e. The van der Waals surface area contributed by atoms with Gasteiger partial charge in [0.2, 0.25) is 5.88 Å². The standard InChI is InChI=1S/C42H43F2N7O6/c1-3-28-30(43)8-7-25-5-4-6-29(33(25)28)36-35(44)37-34-38(50-13-12-45-18-26(50)10-14-55-39(34)46-36)48-40(47-37)57-23-42-11-9-27(51(42)19-24(2)17-42)22-56-41(52)49-20-31-32(21-49)54-16-15-53-31/h1,4-8,26-27,31-32,45H,2,9-23H2/t26-,27+,31?,32?,42+/m1/s1. The van der Waals surface area contributed by atoms with Gasteiger partial charge in [0.1, 0.15) is 53.7 Å². The topological polar surface area (TPSA) is 124 Å². The summed E-state index contributed by atoms with van der Waals surface area (Å²) in [5.41, 5.74) is 0.896. The molecule has 2 aromatic heterocycles. The van der Waals surface area contributed by atoms with Crippen LogP contribution in [0.4, 0.5) is 19.4 Å². The molecule has 10 rings (SSSR count). The highest BCUT2D eigenvalue weighted by Crippen LogP contribution is 2.46. The second-order valence-electron chi connectivity index (χ2n) is 15.9. The van der Waals surface area contributed by atoms with Gasteiger partial charge in [-0.3, -0.25) is 4.90 Å². The summed E-state index contributed by atoms with van der Waals surface area (Å²) in [6.07, 6.45) is 8.12. The number of hydrogen-bond acceptors (Lipinski definition) is 12. The molecule has 13 nitrogen and oxygen atoms in total. The van der Waals surface area contributed by atoms with Gasteiger partial charge in [-0.25, -0.2) is 18.6 Å². The van der Waals surface area contributed by atoms with E-state index in [1.807, 2.05) is 0 Å². The zero-order valence-electron chi connectivity index (χ0n) is 31.5. The Kier molecular flexibility index (Phi) is 9.12. The first-order valence-corrected chi connectivity index (χ1v) is 19.7. The van der Waals surface area contributed by atoms with E-state index in [4.69, 9.17) is 45.1 Å². The van der Waals surface area contributed by atoms with Crippen molar-refractivity contribution in [1.29, 1.82) is 0 Å². The van der Waals surface area contributed by atoms with E-state index in [9.17, 15) is 4.79 Å². The molecule has 5 fully saturated rings. The van der Waals surface area contributed by atoms with Gasteiger partial charge in [0.25, 0.3) is 0 Å². The molecule has 0 bridgehead atoms. The lowest BCUT2D eigenvalue weighted by molar-refractivity contribution is -0.116. The van der Waals surface area contributed by atoms with Gasteiger partial charge in [0, 0.05) is 55.6 Å². The van der Waals surface area contributed by atoms with Gasteiger partial charge in [-0.1, -0.05) is 42.3 Å². The van der Waals surface area contributed by atoms with Gasteiger partial charge in [-0.05, 0) is 30.7 Å². The molecule has 6 aliphatic heterocycles. The van der Waals surface area contributed by atoms with Gasteiger partial charge in [0.15, 0.2) is 5.82 Å². The van der Waals surface area contributed by atoms with Crippen LogP contribution in [-0.4, -0.2) is 133 Å². The molecule has 2 aromatic carbocycles. The number of fused-ring (bicyclic) bond motifs is 5. The molecule has 6 aliphatic rings. The second kappa shape index (κ2) is 14.4. The molecular weight excluding hydrogens is 737 g/mol. The first-order chi connectivity index (χ1) is 27.8. The number of ether oxygens (including phenoxy) is 5. The summed E-state index contributed by atoms with van der Waals surface area (Å²) in [5, 5.41) is 4.82. The van der Waals surface area contributed by atoms with E-state index < -0.39 is 17.2 Å². The number of benzene rings is 2. The van der Waals surface area contributed by atoms with E-state index in [1.54, 1.807) is 29.2 Å². The summed E-state index contributed by atoms with van der Waals surface area (Å²) in [5.74, 6) is 1.83. The zero-order valence-corrected chi connectivity index (χ0v) is 31.5. The first kappa shape index (κ1) is 36.2. The number of amides is 1. The molecule has 57 heavy (non-hydrogen) atoms. The summed E-state index contributed by atoms with van der Waals surface area (Å²) in [4.78, 5) is 33.7. The Balaban J connectivity index is 0.978. The average Bonchev–Trinajstić information content (AvgIpc) is 3.90. The van der Waals surface area contributed by atoms with Crippen LogP contribution in [0.1, 0.15) is 31.2 Å². The number of piperazine rings is 1. The van der Waals surface area contributed by atoms with Crippen LogP contribution in [0.3, 0.4) is 0 Å². The van der Waals surface area contributed by atoms with Gasteiger partial charge >= 0.3 is 12.1 Å². The molecular formula is C42H43F2N7O6. The lowest BCUT2D eigenvalue weighted by Crippen LogP contribution is -2.52. The summed E-state index contributed by atoms with van der Waals surface area (Å²) in [7, 11) is 0. The van der Waals surface area contributed by atoms with Crippen molar-refractivity contribution in [3.05, 3.63) is 59.7 Å². The van der Waals surface area contributed by atoms with Crippen molar-refractivity contribution in [2.75, 3.05) is 77.2 Å². The predicted molar refractivity (Wildman–Crippen MR) is 206 cm³/mol. The van der Waals surface area contributed by atoms with Crippen molar-refractivity contribution in [3.8, 4) is 35.5 Å². The lowest BCUT2D eigenvalue weighted by atomic mass is 9.94. The number of carbonyl (C=O) groups is 1. The number of nitrogens with one attached hydrogen (secondary N) is 1. The number of carbonyl (C=O) groups excluding carboxylic acids is 1. The molecule has 0 saturated carbocycles. The van der Waals surface area contributed by atoms with Gasteiger partial charge in [0.05, 0.1) is 44.0 Å². The van der Waals surface area contributed by atoms with Crippen LogP contribution in [0.25, 0.3) is 32.9 Å². The fourth-order valence-electron chi connectivity index (χ4n) is 9.76. The highest BCUT2D eigenvalue weighted by Gasteiger charge is 2.52. The van der Waals surface area contributed by atoms with E-state index in [2.05, 4.69) is 27.6 Å². The van der Waals surface area contributed by atoms with Crippen molar-refractivity contribution in [2.24, 2.45) is 0 Å². The molecule has 0 radical (unpaired) electrons. The Morgan fingerprint density at radius 1 is 1.07 bits per heavy atom. The average molecular weight is 780 g/mol. The number of halogens is 2. The smallest absolute Gasteiger partial charge is 0.409 e. The van der Waals surface area contributed by atoms with Crippen molar-refractivity contribution in [1.82, 2.24) is 30.1 Å². The maximum absolute atomic E-state index is 17.3. The van der Waals surface area contributed by atoms with E-state index in [0.717, 1.165) is 18.4 Å². The summed E-state index contributed by atoms with van der Waals surface area (Å²) < 4.78 is 62.6. The normalized spacial score (nSPS) is 27.0. The van der Waals surface area contributed by atoms with Crippen molar-refractivity contribution < 1.29 is 37.3 Å². The molecule has 1 N–H and O–H groups in total. The zero-order chi connectivity index (χ0) is 38.8. The highest BCUT2D eigenvalue weighted by molar-refractivity contribution is 6.03. The molecule has 2 unspecified atom stereocenters. The molecule has 0 spiro atoms. The number of aromatic nitrogens is 3. The quantitative estimate of drug-likeness (QED) is 0.220. The summed E-state index contributed by atoms with van der Waals surface area (Å²) >= 11 is 0. The number of hydrogen-bond donors (Lipinski definition) is 1. The van der Waals surface area contributed by atoms with Crippen LogP contribution in [-0.2, 0) is 14.2 Å². The Bertz CT molecular complexity index is 2330. The molecule has 4 aromatic rings.